The number of nitrogens with one attached hydrogen (secondary N) is 2. The number of hydrogen-bond acceptors (Lipinski definition) is 6. The van der Waals surface area contributed by atoms with Crippen LogP contribution in [0, 0.1) is 0 Å². The molecule has 7 nitrogen and oxygen atoms in total. The number of piperidine rings is 1. The zero-order valence-electron chi connectivity index (χ0n) is 14.3. The van der Waals surface area contributed by atoms with Gasteiger partial charge in [-0.25, -0.2) is 9.67 Å². The second-order valence-electron chi connectivity index (χ2n) is 6.26. The SMILES string of the molecule is O=C(NCc1csc(-c2ccccc2)n1)c1cn(C2CCNCC2)nn1. The number of aromatic nitrogens is 4. The first-order chi connectivity index (χ1) is 12.8. The van der Waals surface area contributed by atoms with Crippen LogP contribution in [0.3, 0.4) is 0 Å². The van der Waals surface area contributed by atoms with Crippen molar-refractivity contribution in [1.82, 2.24) is 30.6 Å². The standard InChI is InChI=1S/C18H20N6OS/c25-17(16-11-24(23-22-16)15-6-8-19-9-7-15)20-10-14-12-26-18(21-14)13-4-2-1-3-5-13/h1-5,11-12,15,19H,6-10H2,(H,20,25). The van der Waals surface area contributed by atoms with Crippen LogP contribution in [0.2, 0.25) is 0 Å². The fourth-order valence-corrected chi connectivity index (χ4v) is 3.82. The molecule has 0 bridgehead atoms. The Morgan fingerprint density at radius 2 is 2.08 bits per heavy atom. The van der Waals surface area contributed by atoms with Gasteiger partial charge in [0.25, 0.3) is 5.91 Å². The molecule has 3 aromatic rings. The van der Waals surface area contributed by atoms with Gasteiger partial charge >= 0.3 is 0 Å². The molecule has 26 heavy (non-hydrogen) atoms. The molecular weight excluding hydrogens is 348 g/mol. The number of benzene rings is 1. The molecule has 0 radical (unpaired) electrons. The van der Waals surface area contributed by atoms with E-state index in [1.54, 1.807) is 17.5 Å². The molecule has 4 rings (SSSR count). The highest BCUT2D eigenvalue weighted by atomic mass is 32.1. The minimum Gasteiger partial charge on any atom is -0.345 e. The van der Waals surface area contributed by atoms with Gasteiger partial charge in [0.2, 0.25) is 0 Å². The topological polar surface area (TPSA) is 84.7 Å². The summed E-state index contributed by atoms with van der Waals surface area (Å²) >= 11 is 1.57. The predicted molar refractivity (Wildman–Crippen MR) is 99.9 cm³/mol. The molecule has 0 aliphatic carbocycles. The molecule has 1 aromatic carbocycles. The van der Waals surface area contributed by atoms with Crippen molar-refractivity contribution >= 4 is 17.2 Å². The van der Waals surface area contributed by atoms with Crippen LogP contribution in [-0.2, 0) is 6.54 Å². The van der Waals surface area contributed by atoms with E-state index in [4.69, 9.17) is 0 Å². The van der Waals surface area contributed by atoms with Gasteiger partial charge in [-0.3, -0.25) is 4.79 Å². The van der Waals surface area contributed by atoms with Gasteiger partial charge in [-0.2, -0.15) is 0 Å². The third kappa shape index (κ3) is 3.81. The van der Waals surface area contributed by atoms with Gasteiger partial charge in [0.05, 0.1) is 24.5 Å². The molecule has 3 heterocycles. The highest BCUT2D eigenvalue weighted by Crippen LogP contribution is 2.23. The summed E-state index contributed by atoms with van der Waals surface area (Å²) in [6.07, 6.45) is 3.75. The van der Waals surface area contributed by atoms with E-state index < -0.39 is 0 Å². The van der Waals surface area contributed by atoms with E-state index in [-0.39, 0.29) is 5.91 Å². The second kappa shape index (κ2) is 7.76. The van der Waals surface area contributed by atoms with Crippen molar-refractivity contribution in [3.8, 4) is 10.6 Å². The normalized spacial score (nSPS) is 15.1. The zero-order valence-corrected chi connectivity index (χ0v) is 15.1. The predicted octanol–water partition coefficient (Wildman–Crippen LogP) is 2.26. The average molecular weight is 368 g/mol. The summed E-state index contributed by atoms with van der Waals surface area (Å²) in [7, 11) is 0. The fraction of sp³-hybridized carbons (Fsp3) is 0.333. The van der Waals surface area contributed by atoms with Crippen LogP contribution in [0.4, 0.5) is 0 Å². The lowest BCUT2D eigenvalue weighted by molar-refractivity contribution is 0.0945. The van der Waals surface area contributed by atoms with Gasteiger partial charge in [-0.05, 0) is 25.9 Å². The highest BCUT2D eigenvalue weighted by Gasteiger charge is 2.18. The molecule has 1 amide bonds. The summed E-state index contributed by atoms with van der Waals surface area (Å²) < 4.78 is 1.81. The summed E-state index contributed by atoms with van der Waals surface area (Å²) in [6, 6.07) is 10.3. The molecule has 1 aliphatic rings. The summed E-state index contributed by atoms with van der Waals surface area (Å²) in [5.41, 5.74) is 2.27. The van der Waals surface area contributed by atoms with Crippen molar-refractivity contribution in [2.45, 2.75) is 25.4 Å². The van der Waals surface area contributed by atoms with Crippen molar-refractivity contribution in [3.05, 3.63) is 53.3 Å². The molecule has 8 heteroatoms. The molecule has 1 aliphatic heterocycles. The van der Waals surface area contributed by atoms with Gasteiger partial charge in [0.15, 0.2) is 5.69 Å². The Bertz CT molecular complexity index is 869. The fourth-order valence-electron chi connectivity index (χ4n) is 2.99. The van der Waals surface area contributed by atoms with E-state index >= 15 is 0 Å². The van der Waals surface area contributed by atoms with E-state index in [9.17, 15) is 4.79 Å². The van der Waals surface area contributed by atoms with Crippen LogP contribution in [0.5, 0.6) is 0 Å². The number of rotatable bonds is 5. The minimum absolute atomic E-state index is 0.223. The Morgan fingerprint density at radius 3 is 2.88 bits per heavy atom. The summed E-state index contributed by atoms with van der Waals surface area (Å²) in [4.78, 5) is 16.9. The molecule has 2 aromatic heterocycles. The zero-order chi connectivity index (χ0) is 17.8. The van der Waals surface area contributed by atoms with Crippen LogP contribution in [-0.4, -0.2) is 39.0 Å². The Morgan fingerprint density at radius 1 is 1.27 bits per heavy atom. The van der Waals surface area contributed by atoms with E-state index in [0.717, 1.165) is 42.2 Å². The second-order valence-corrected chi connectivity index (χ2v) is 7.12. The van der Waals surface area contributed by atoms with Crippen LogP contribution in [0.1, 0.15) is 35.1 Å². The van der Waals surface area contributed by atoms with E-state index in [1.165, 1.54) is 0 Å². The van der Waals surface area contributed by atoms with Crippen molar-refractivity contribution in [2.24, 2.45) is 0 Å². The molecule has 2 N–H and O–H groups in total. The Hall–Kier alpha value is -2.58. The lowest BCUT2D eigenvalue weighted by Gasteiger charge is -2.22. The number of amides is 1. The molecule has 1 saturated heterocycles. The minimum atomic E-state index is -0.223. The van der Waals surface area contributed by atoms with E-state index in [0.29, 0.717) is 18.3 Å². The maximum absolute atomic E-state index is 12.3. The molecular formula is C18H20N6OS. The molecule has 0 saturated carbocycles. The van der Waals surface area contributed by atoms with E-state index in [2.05, 4.69) is 25.9 Å². The van der Waals surface area contributed by atoms with Crippen LogP contribution >= 0.6 is 11.3 Å². The summed E-state index contributed by atoms with van der Waals surface area (Å²) in [6.45, 7) is 2.32. The first-order valence-electron chi connectivity index (χ1n) is 8.70. The molecule has 0 atom stereocenters. The number of thiazole rings is 1. The first kappa shape index (κ1) is 16.9. The van der Waals surface area contributed by atoms with Crippen molar-refractivity contribution in [3.63, 3.8) is 0 Å². The smallest absolute Gasteiger partial charge is 0.273 e. The van der Waals surface area contributed by atoms with Gasteiger partial charge in [-0.1, -0.05) is 35.5 Å². The van der Waals surface area contributed by atoms with Crippen LogP contribution in [0.25, 0.3) is 10.6 Å². The third-order valence-corrected chi connectivity index (χ3v) is 5.37. The first-order valence-corrected chi connectivity index (χ1v) is 9.58. The maximum atomic E-state index is 12.3. The lowest BCUT2D eigenvalue weighted by atomic mass is 10.1. The van der Waals surface area contributed by atoms with Gasteiger partial charge in [0, 0.05) is 10.9 Å². The third-order valence-electron chi connectivity index (χ3n) is 4.43. The van der Waals surface area contributed by atoms with Crippen molar-refractivity contribution in [1.29, 1.82) is 0 Å². The quantitative estimate of drug-likeness (QED) is 0.722. The Labute approximate surface area is 155 Å². The number of carbonyl (C=O) groups is 1. The Balaban J connectivity index is 1.35. The highest BCUT2D eigenvalue weighted by molar-refractivity contribution is 7.13. The molecule has 1 fully saturated rings. The lowest BCUT2D eigenvalue weighted by Crippen LogP contribution is -2.29. The largest absolute Gasteiger partial charge is 0.345 e. The van der Waals surface area contributed by atoms with Crippen molar-refractivity contribution in [2.75, 3.05) is 13.1 Å². The average Bonchev–Trinajstić information content (AvgIpc) is 3.37. The van der Waals surface area contributed by atoms with Crippen LogP contribution < -0.4 is 10.6 Å². The monoisotopic (exact) mass is 368 g/mol. The number of carbonyl (C=O) groups excluding carboxylic acids is 1. The van der Waals surface area contributed by atoms with Crippen molar-refractivity contribution < 1.29 is 4.79 Å². The number of hydrogen-bond donors (Lipinski definition) is 2. The van der Waals surface area contributed by atoms with Gasteiger partial charge in [-0.15, -0.1) is 16.4 Å². The molecule has 134 valence electrons. The Kier molecular flexibility index (Phi) is 5.03. The van der Waals surface area contributed by atoms with Crippen LogP contribution in [0.15, 0.2) is 41.9 Å². The van der Waals surface area contributed by atoms with E-state index in [1.807, 2.05) is 40.4 Å². The number of nitrogens with zero attached hydrogens (tertiary/aromatic N) is 4. The maximum Gasteiger partial charge on any atom is 0.273 e. The van der Waals surface area contributed by atoms with Gasteiger partial charge in [0.1, 0.15) is 5.01 Å². The summed E-state index contributed by atoms with van der Waals surface area (Å²) in [5.74, 6) is -0.223. The summed E-state index contributed by atoms with van der Waals surface area (Å²) in [5, 5.41) is 17.3. The molecule has 0 unspecified atom stereocenters. The molecule has 0 spiro atoms. The van der Waals surface area contributed by atoms with Gasteiger partial charge < -0.3 is 10.6 Å².